The molecule has 0 atom stereocenters. The summed E-state index contributed by atoms with van der Waals surface area (Å²) in [5.74, 6) is 0.674. The number of rotatable bonds is 6. The fourth-order valence-corrected chi connectivity index (χ4v) is 5.81. The van der Waals surface area contributed by atoms with Crippen LogP contribution in [0.3, 0.4) is 0 Å². The number of hydrogen-bond donors (Lipinski definition) is 0. The molecule has 0 N–H and O–H groups in total. The smallest absolute Gasteiger partial charge is 0.272 e. The molecule has 0 saturated carbocycles. The number of thioether (sulfide) groups is 1. The topological polar surface area (TPSA) is 47.8 Å². The summed E-state index contributed by atoms with van der Waals surface area (Å²) in [6.07, 6.45) is 2.74. The van der Waals surface area contributed by atoms with Gasteiger partial charge in [-0.15, -0.1) is 11.3 Å². The fourth-order valence-electron chi connectivity index (χ4n) is 3.63. The summed E-state index contributed by atoms with van der Waals surface area (Å²) in [6, 6.07) is 20.1. The maximum Gasteiger partial charge on any atom is 0.272 e. The average molecular weight is 478 g/mol. The van der Waals surface area contributed by atoms with E-state index in [2.05, 4.69) is 36.2 Å². The Morgan fingerprint density at radius 2 is 1.84 bits per heavy atom. The van der Waals surface area contributed by atoms with Gasteiger partial charge in [-0.2, -0.15) is 0 Å². The molecule has 7 heteroatoms. The summed E-state index contributed by atoms with van der Waals surface area (Å²) in [5, 5.41) is 2.33. The molecule has 0 bridgehead atoms. The summed E-state index contributed by atoms with van der Waals surface area (Å²) in [7, 11) is 0. The van der Waals surface area contributed by atoms with Gasteiger partial charge >= 0.3 is 0 Å². The van der Waals surface area contributed by atoms with E-state index >= 15 is 0 Å². The third kappa shape index (κ3) is 4.18. The van der Waals surface area contributed by atoms with Crippen LogP contribution in [-0.4, -0.2) is 14.5 Å². The van der Waals surface area contributed by atoms with Gasteiger partial charge in [-0.05, 0) is 47.4 Å². The van der Waals surface area contributed by atoms with Crippen molar-refractivity contribution < 1.29 is 0 Å². The zero-order chi connectivity index (χ0) is 22.1. The summed E-state index contributed by atoms with van der Waals surface area (Å²) >= 11 is 9.12. The summed E-state index contributed by atoms with van der Waals surface area (Å²) < 4.78 is 2.43. The van der Waals surface area contributed by atoms with Crippen molar-refractivity contribution in [2.45, 2.75) is 30.8 Å². The molecule has 0 spiro atoms. The molecule has 0 aliphatic rings. The molecule has 3 aromatic heterocycles. The zero-order valence-electron chi connectivity index (χ0n) is 17.4. The zero-order valence-corrected chi connectivity index (χ0v) is 19.8. The quantitative estimate of drug-likeness (QED) is 0.205. The third-order valence-corrected chi connectivity index (χ3v) is 7.72. The number of benzene rings is 2. The molecule has 2 aromatic carbocycles. The van der Waals surface area contributed by atoms with Crippen LogP contribution in [0.2, 0.25) is 5.02 Å². The largest absolute Gasteiger partial charge is 0.282 e. The Labute approximate surface area is 198 Å². The second kappa shape index (κ2) is 9.06. The van der Waals surface area contributed by atoms with E-state index in [4.69, 9.17) is 16.6 Å². The molecule has 0 aliphatic carbocycles. The highest BCUT2D eigenvalue weighted by molar-refractivity contribution is 7.98. The predicted octanol–water partition coefficient (Wildman–Crippen LogP) is 6.56. The van der Waals surface area contributed by atoms with E-state index in [0.717, 1.165) is 33.3 Å². The highest BCUT2D eigenvalue weighted by Crippen LogP contribution is 2.31. The number of pyridine rings is 1. The second-order valence-corrected chi connectivity index (χ2v) is 9.89. The number of thiophene rings is 1. The molecule has 160 valence electrons. The van der Waals surface area contributed by atoms with Gasteiger partial charge in [0, 0.05) is 22.4 Å². The van der Waals surface area contributed by atoms with Crippen LogP contribution in [0.4, 0.5) is 0 Å². The van der Waals surface area contributed by atoms with Crippen LogP contribution < -0.4 is 5.56 Å². The predicted molar refractivity (Wildman–Crippen MR) is 135 cm³/mol. The summed E-state index contributed by atoms with van der Waals surface area (Å²) in [4.78, 5) is 23.8. The maximum atomic E-state index is 13.6. The molecule has 0 radical (unpaired) electrons. The van der Waals surface area contributed by atoms with Crippen LogP contribution in [0.1, 0.15) is 23.6 Å². The summed E-state index contributed by atoms with van der Waals surface area (Å²) in [6.45, 7) is 2.61. The fraction of sp³-hybridized carbons (Fsp3) is 0.160. The highest BCUT2D eigenvalue weighted by Gasteiger charge is 2.17. The van der Waals surface area contributed by atoms with E-state index in [-0.39, 0.29) is 5.56 Å². The minimum atomic E-state index is -0.0221. The van der Waals surface area contributed by atoms with Crippen molar-refractivity contribution in [3.05, 3.63) is 98.9 Å². The van der Waals surface area contributed by atoms with E-state index in [0.29, 0.717) is 27.2 Å². The summed E-state index contributed by atoms with van der Waals surface area (Å²) in [5.41, 5.74) is 4.16. The van der Waals surface area contributed by atoms with E-state index in [1.807, 2.05) is 36.4 Å². The minimum Gasteiger partial charge on any atom is -0.282 e. The van der Waals surface area contributed by atoms with Gasteiger partial charge in [0.1, 0.15) is 9.53 Å². The van der Waals surface area contributed by atoms with Crippen LogP contribution in [0, 0.1) is 0 Å². The van der Waals surface area contributed by atoms with Gasteiger partial charge in [0.05, 0.1) is 12.1 Å². The van der Waals surface area contributed by atoms with Gasteiger partial charge in [-0.3, -0.25) is 9.36 Å². The lowest BCUT2D eigenvalue weighted by molar-refractivity contribution is 0.659. The Morgan fingerprint density at radius 3 is 2.62 bits per heavy atom. The van der Waals surface area contributed by atoms with Crippen LogP contribution in [-0.2, 0) is 18.7 Å². The van der Waals surface area contributed by atoms with E-state index < -0.39 is 0 Å². The number of aromatic nitrogens is 3. The number of hydrogen-bond acceptors (Lipinski definition) is 5. The van der Waals surface area contributed by atoms with Crippen molar-refractivity contribution in [3.8, 4) is 0 Å². The van der Waals surface area contributed by atoms with Crippen molar-refractivity contribution in [2.24, 2.45) is 0 Å². The first-order chi connectivity index (χ1) is 15.6. The molecule has 0 saturated heterocycles. The molecule has 0 aliphatic heterocycles. The Hall–Kier alpha value is -2.67. The van der Waals surface area contributed by atoms with Gasteiger partial charge in [0.15, 0.2) is 5.16 Å². The normalized spacial score (nSPS) is 11.4. The van der Waals surface area contributed by atoms with Gasteiger partial charge in [-0.25, -0.2) is 9.97 Å². The molecular weight excluding hydrogens is 458 g/mol. The van der Waals surface area contributed by atoms with Crippen molar-refractivity contribution >= 4 is 55.1 Å². The van der Waals surface area contributed by atoms with Gasteiger partial charge in [0.2, 0.25) is 0 Å². The molecule has 32 heavy (non-hydrogen) atoms. The maximum absolute atomic E-state index is 13.6. The first-order valence-electron chi connectivity index (χ1n) is 10.4. The van der Waals surface area contributed by atoms with Crippen molar-refractivity contribution in [1.82, 2.24) is 14.5 Å². The molecule has 0 unspecified atom stereocenters. The number of aryl methyl sites for hydroxylation is 1. The Morgan fingerprint density at radius 1 is 1.03 bits per heavy atom. The minimum absolute atomic E-state index is 0.0221. The van der Waals surface area contributed by atoms with E-state index in [1.165, 1.54) is 16.9 Å². The van der Waals surface area contributed by atoms with Crippen molar-refractivity contribution in [3.63, 3.8) is 0 Å². The number of nitrogens with zero attached hydrogens (tertiary/aromatic N) is 3. The molecule has 0 amide bonds. The van der Waals surface area contributed by atoms with Crippen molar-refractivity contribution in [1.29, 1.82) is 0 Å². The lowest BCUT2D eigenvalue weighted by atomic mass is 10.1. The highest BCUT2D eigenvalue weighted by atomic mass is 35.5. The Balaban J connectivity index is 1.61. The number of fused-ring (bicyclic) bond motifs is 3. The Kier molecular flexibility index (Phi) is 6.00. The van der Waals surface area contributed by atoms with Crippen LogP contribution in [0.15, 0.2) is 76.8 Å². The van der Waals surface area contributed by atoms with Crippen molar-refractivity contribution in [2.75, 3.05) is 0 Å². The molecule has 0 fully saturated rings. The van der Waals surface area contributed by atoms with Crippen LogP contribution >= 0.6 is 34.7 Å². The SMILES string of the molecule is CCc1ccc(Cn2c(SCc3cccc(Cl)c3)nc3c(sc4ncccc43)c2=O)cc1. The first-order valence-corrected chi connectivity index (χ1v) is 12.5. The molecular formula is C25H20ClN3OS2. The lowest BCUT2D eigenvalue weighted by Gasteiger charge is -2.13. The van der Waals surface area contributed by atoms with E-state index in [9.17, 15) is 4.79 Å². The lowest BCUT2D eigenvalue weighted by Crippen LogP contribution is -2.23. The standard InChI is InChI=1S/C25H20ClN3OS2/c1-2-16-8-10-17(11-9-16)14-29-24(30)22-21(20-7-4-12-27-23(20)32-22)28-25(29)31-15-18-5-3-6-19(26)13-18/h3-13H,2,14-15H2,1H3. The Bertz CT molecular complexity index is 1470. The van der Waals surface area contributed by atoms with Gasteiger partial charge < -0.3 is 0 Å². The monoisotopic (exact) mass is 477 g/mol. The van der Waals surface area contributed by atoms with Crippen LogP contribution in [0.25, 0.3) is 20.4 Å². The molecule has 3 heterocycles. The third-order valence-electron chi connectivity index (χ3n) is 5.35. The number of halogens is 1. The first kappa shape index (κ1) is 21.2. The second-order valence-electron chi connectivity index (χ2n) is 7.51. The van der Waals surface area contributed by atoms with E-state index in [1.54, 1.807) is 22.5 Å². The molecule has 4 nitrogen and oxygen atoms in total. The van der Waals surface area contributed by atoms with Gasteiger partial charge in [-0.1, -0.05) is 66.7 Å². The molecule has 5 rings (SSSR count). The molecule has 5 aromatic rings. The average Bonchev–Trinajstić information content (AvgIpc) is 3.19. The van der Waals surface area contributed by atoms with Crippen LogP contribution in [0.5, 0.6) is 0 Å². The van der Waals surface area contributed by atoms with Gasteiger partial charge in [0.25, 0.3) is 5.56 Å².